The molecule has 1 aromatic heterocycles. The number of hydrogen-bond donors (Lipinski definition) is 0. The smallest absolute Gasteiger partial charge is 0.0860 e. The molecule has 1 saturated heterocycles. The first-order valence-corrected chi connectivity index (χ1v) is 12.2. The van der Waals surface area contributed by atoms with Crippen LogP contribution in [0.15, 0.2) is 66.9 Å². The molecule has 1 fully saturated rings. The van der Waals surface area contributed by atoms with Crippen LogP contribution in [0.25, 0.3) is 22.4 Å². The number of aryl methyl sites for hydroxylation is 1. The number of nitrogens with zero attached hydrogens (tertiary/aromatic N) is 1. The summed E-state index contributed by atoms with van der Waals surface area (Å²) in [6, 6.07) is 24.5. The molecule has 0 spiro atoms. The van der Waals surface area contributed by atoms with Gasteiger partial charge < -0.3 is 0 Å². The molecule has 0 unspecified atom stereocenters. The standard InChI is InChI=1S/C23H25NSi/c1-18-16-22(24-17-23(18)25(2)14-6-7-15-25)21-12-10-20(11-13-21)19-8-4-3-5-9-19/h3-5,8-13,16-17H,6-7,14-15H2,1-2H3. The van der Waals surface area contributed by atoms with Crippen LogP contribution in [0.1, 0.15) is 18.4 Å². The van der Waals surface area contributed by atoms with Crippen molar-refractivity contribution in [3.63, 3.8) is 0 Å². The maximum absolute atomic E-state index is 4.84. The Kier molecular flexibility index (Phi) is 4.30. The van der Waals surface area contributed by atoms with Crippen LogP contribution < -0.4 is 5.19 Å². The molecule has 2 heteroatoms. The summed E-state index contributed by atoms with van der Waals surface area (Å²) in [7, 11) is -1.25. The minimum absolute atomic E-state index is 1.09. The molecule has 3 aromatic rings. The molecule has 126 valence electrons. The average Bonchev–Trinajstić information content (AvgIpc) is 3.10. The third-order valence-electron chi connectivity index (χ3n) is 5.76. The quantitative estimate of drug-likeness (QED) is 0.547. The molecule has 0 atom stereocenters. The van der Waals surface area contributed by atoms with Gasteiger partial charge in [-0.1, -0.05) is 86.1 Å². The molecule has 4 rings (SSSR count). The molecule has 1 aliphatic heterocycles. The summed E-state index contributed by atoms with van der Waals surface area (Å²) in [5.41, 5.74) is 6.24. The van der Waals surface area contributed by atoms with E-state index in [1.54, 1.807) is 5.19 Å². The molecular weight excluding hydrogens is 318 g/mol. The van der Waals surface area contributed by atoms with Gasteiger partial charge in [0.2, 0.25) is 0 Å². The zero-order chi connectivity index (χ0) is 17.3. The number of aromatic nitrogens is 1. The summed E-state index contributed by atoms with van der Waals surface area (Å²) >= 11 is 0. The maximum Gasteiger partial charge on any atom is 0.0860 e. The van der Waals surface area contributed by atoms with E-state index >= 15 is 0 Å². The van der Waals surface area contributed by atoms with E-state index in [0.717, 1.165) is 5.69 Å². The van der Waals surface area contributed by atoms with E-state index in [1.807, 2.05) is 0 Å². The van der Waals surface area contributed by atoms with Gasteiger partial charge in [0.1, 0.15) is 0 Å². The lowest BCUT2D eigenvalue weighted by Gasteiger charge is -2.23. The lowest BCUT2D eigenvalue weighted by molar-refractivity contribution is 0.935. The Balaban J connectivity index is 1.63. The van der Waals surface area contributed by atoms with Crippen LogP contribution in [0.4, 0.5) is 0 Å². The fourth-order valence-electron chi connectivity index (χ4n) is 4.23. The lowest BCUT2D eigenvalue weighted by atomic mass is 10.0. The molecule has 0 radical (unpaired) electrons. The normalized spacial score (nSPS) is 16.1. The van der Waals surface area contributed by atoms with Crippen molar-refractivity contribution >= 4 is 13.3 Å². The molecule has 0 amide bonds. The van der Waals surface area contributed by atoms with E-state index in [0.29, 0.717) is 0 Å². The van der Waals surface area contributed by atoms with Gasteiger partial charge >= 0.3 is 0 Å². The van der Waals surface area contributed by atoms with Crippen molar-refractivity contribution in [1.29, 1.82) is 0 Å². The molecule has 25 heavy (non-hydrogen) atoms. The molecule has 1 nitrogen and oxygen atoms in total. The predicted octanol–water partition coefficient (Wildman–Crippen LogP) is 5.80. The largest absolute Gasteiger partial charge is 0.256 e. The molecule has 0 bridgehead atoms. The second kappa shape index (κ2) is 6.60. The van der Waals surface area contributed by atoms with Crippen molar-refractivity contribution in [3.8, 4) is 22.4 Å². The first kappa shape index (κ1) is 16.3. The van der Waals surface area contributed by atoms with Crippen molar-refractivity contribution < 1.29 is 0 Å². The second-order valence-electron chi connectivity index (χ2n) is 7.60. The van der Waals surface area contributed by atoms with Crippen LogP contribution in [0, 0.1) is 6.92 Å². The van der Waals surface area contributed by atoms with E-state index in [1.165, 1.54) is 47.2 Å². The van der Waals surface area contributed by atoms with E-state index in [-0.39, 0.29) is 0 Å². The summed E-state index contributed by atoms with van der Waals surface area (Å²) in [5, 5.41) is 1.58. The van der Waals surface area contributed by atoms with Crippen molar-refractivity contribution in [1.82, 2.24) is 4.98 Å². The minimum atomic E-state index is -1.25. The van der Waals surface area contributed by atoms with Gasteiger partial charge in [-0.05, 0) is 34.9 Å². The van der Waals surface area contributed by atoms with Gasteiger partial charge in [0.05, 0.1) is 13.8 Å². The van der Waals surface area contributed by atoms with Crippen molar-refractivity contribution in [2.75, 3.05) is 0 Å². The Morgan fingerprint density at radius 2 is 1.40 bits per heavy atom. The zero-order valence-corrected chi connectivity index (χ0v) is 16.1. The van der Waals surface area contributed by atoms with Gasteiger partial charge in [-0.3, -0.25) is 4.98 Å². The van der Waals surface area contributed by atoms with E-state index < -0.39 is 8.07 Å². The lowest BCUT2D eigenvalue weighted by Crippen LogP contribution is -2.43. The zero-order valence-electron chi connectivity index (χ0n) is 15.1. The molecule has 0 saturated carbocycles. The molecule has 0 N–H and O–H groups in total. The molecule has 2 aromatic carbocycles. The average molecular weight is 344 g/mol. The van der Waals surface area contributed by atoms with Gasteiger partial charge in [0, 0.05) is 11.8 Å². The first-order chi connectivity index (χ1) is 12.2. The van der Waals surface area contributed by atoms with Crippen LogP contribution in [0.3, 0.4) is 0 Å². The Labute approximate surface area is 151 Å². The van der Waals surface area contributed by atoms with E-state index in [4.69, 9.17) is 4.98 Å². The highest BCUT2D eigenvalue weighted by Crippen LogP contribution is 2.31. The molecular formula is C23H25NSi. The molecule has 0 aliphatic carbocycles. The Morgan fingerprint density at radius 1 is 0.800 bits per heavy atom. The Hall–Kier alpha value is -2.19. The summed E-state index contributed by atoms with van der Waals surface area (Å²) in [6.07, 6.45) is 5.00. The van der Waals surface area contributed by atoms with Gasteiger partial charge in [-0.25, -0.2) is 0 Å². The van der Waals surface area contributed by atoms with E-state index in [2.05, 4.69) is 80.3 Å². The van der Waals surface area contributed by atoms with E-state index in [9.17, 15) is 0 Å². The summed E-state index contributed by atoms with van der Waals surface area (Å²) in [4.78, 5) is 4.84. The van der Waals surface area contributed by atoms with Crippen LogP contribution in [0.2, 0.25) is 18.6 Å². The van der Waals surface area contributed by atoms with Crippen LogP contribution in [0.5, 0.6) is 0 Å². The summed E-state index contributed by atoms with van der Waals surface area (Å²) < 4.78 is 0. The third-order valence-corrected chi connectivity index (χ3v) is 10.5. The number of pyridine rings is 1. The van der Waals surface area contributed by atoms with Gasteiger partial charge in [0.15, 0.2) is 0 Å². The second-order valence-corrected chi connectivity index (χ2v) is 12.3. The Bertz CT molecular complexity index is 862. The number of rotatable bonds is 3. The molecule has 2 heterocycles. The third kappa shape index (κ3) is 3.19. The highest BCUT2D eigenvalue weighted by molar-refractivity contribution is 6.91. The SMILES string of the molecule is Cc1cc(-c2ccc(-c3ccccc3)cc2)ncc1[Si]1(C)CCCC1. The highest BCUT2D eigenvalue weighted by atomic mass is 28.3. The maximum atomic E-state index is 4.84. The molecule has 1 aliphatic rings. The van der Waals surface area contributed by atoms with Gasteiger partial charge in [-0.15, -0.1) is 0 Å². The highest BCUT2D eigenvalue weighted by Gasteiger charge is 2.34. The fraction of sp³-hybridized carbons (Fsp3) is 0.261. The monoisotopic (exact) mass is 343 g/mol. The topological polar surface area (TPSA) is 12.9 Å². The van der Waals surface area contributed by atoms with Gasteiger partial charge in [0.25, 0.3) is 0 Å². The first-order valence-electron chi connectivity index (χ1n) is 9.29. The van der Waals surface area contributed by atoms with Crippen molar-refractivity contribution in [2.24, 2.45) is 0 Å². The fourth-order valence-corrected chi connectivity index (χ4v) is 8.48. The van der Waals surface area contributed by atoms with Crippen molar-refractivity contribution in [3.05, 3.63) is 72.4 Å². The van der Waals surface area contributed by atoms with Gasteiger partial charge in [-0.2, -0.15) is 0 Å². The predicted molar refractivity (Wildman–Crippen MR) is 110 cm³/mol. The number of hydrogen-bond acceptors (Lipinski definition) is 1. The minimum Gasteiger partial charge on any atom is -0.256 e. The summed E-state index contributed by atoms with van der Waals surface area (Å²) in [6.45, 7) is 4.81. The van der Waals surface area contributed by atoms with Crippen LogP contribution in [-0.2, 0) is 0 Å². The van der Waals surface area contributed by atoms with Crippen LogP contribution in [-0.4, -0.2) is 13.1 Å². The number of benzene rings is 2. The van der Waals surface area contributed by atoms with Crippen LogP contribution >= 0.6 is 0 Å². The summed E-state index contributed by atoms with van der Waals surface area (Å²) in [5.74, 6) is 0. The Morgan fingerprint density at radius 3 is 2.04 bits per heavy atom. The van der Waals surface area contributed by atoms with Crippen molar-refractivity contribution in [2.45, 2.75) is 38.4 Å².